The summed E-state index contributed by atoms with van der Waals surface area (Å²) in [5.74, 6) is 0.514. The highest BCUT2D eigenvalue weighted by atomic mass is 35.5. The van der Waals surface area contributed by atoms with Crippen molar-refractivity contribution >= 4 is 35.0 Å². The van der Waals surface area contributed by atoms with Gasteiger partial charge < -0.3 is 4.74 Å². The Morgan fingerprint density at radius 2 is 2.00 bits per heavy atom. The van der Waals surface area contributed by atoms with Crippen molar-refractivity contribution in [3.05, 3.63) is 63.4 Å². The molecule has 1 aliphatic rings. The van der Waals surface area contributed by atoms with Crippen molar-refractivity contribution in [2.75, 3.05) is 18.3 Å². The fourth-order valence-electron chi connectivity index (χ4n) is 3.51. The van der Waals surface area contributed by atoms with Crippen LogP contribution in [0.3, 0.4) is 0 Å². The minimum Gasteiger partial charge on any atom is -0.497 e. The first-order valence-electron chi connectivity index (χ1n) is 8.78. The first kappa shape index (κ1) is 19.5. The van der Waals surface area contributed by atoms with Gasteiger partial charge >= 0.3 is 11.3 Å². The molecule has 1 aliphatic heterocycles. The molecular weight excluding hydrogens is 412 g/mol. The van der Waals surface area contributed by atoms with E-state index in [-0.39, 0.29) is 11.5 Å². The highest BCUT2D eigenvalue weighted by molar-refractivity contribution is 7.98. The lowest BCUT2D eigenvalue weighted by molar-refractivity contribution is -0.763. The molecule has 7 nitrogen and oxygen atoms in total. The van der Waals surface area contributed by atoms with Gasteiger partial charge in [-0.2, -0.15) is 0 Å². The number of nitrogens with zero attached hydrogens (tertiary/aromatic N) is 3. The lowest BCUT2D eigenvalue weighted by Gasteiger charge is -2.31. The minimum atomic E-state index is -0.629. The number of nitrogens with one attached hydrogen (secondary N) is 1. The number of ether oxygens (including phenoxy) is 1. The molecule has 0 fully saturated rings. The van der Waals surface area contributed by atoms with Gasteiger partial charge in [-0.3, -0.25) is 14.6 Å². The van der Waals surface area contributed by atoms with Gasteiger partial charge in [-0.25, -0.2) is 4.90 Å². The summed E-state index contributed by atoms with van der Waals surface area (Å²) in [6, 6.07) is 12.5. The largest absolute Gasteiger partial charge is 0.497 e. The second kappa shape index (κ2) is 7.53. The van der Waals surface area contributed by atoms with Crippen molar-refractivity contribution in [1.82, 2.24) is 10.1 Å². The van der Waals surface area contributed by atoms with Crippen LogP contribution < -0.4 is 19.9 Å². The first-order chi connectivity index (χ1) is 13.9. The normalized spacial score (nSPS) is 14.9. The monoisotopic (exact) mass is 429 g/mol. The molecule has 1 atom stereocenters. The highest BCUT2D eigenvalue weighted by Crippen LogP contribution is 2.39. The summed E-state index contributed by atoms with van der Waals surface area (Å²) in [6.07, 6.45) is 1.19. The number of thioether (sulfide) groups is 1. The van der Waals surface area contributed by atoms with Crippen molar-refractivity contribution in [3.63, 3.8) is 0 Å². The molecule has 29 heavy (non-hydrogen) atoms. The molecular formula is C20H18ClN4O3S+. The number of rotatable bonds is 3. The van der Waals surface area contributed by atoms with Crippen molar-refractivity contribution in [3.8, 4) is 17.0 Å². The minimum absolute atomic E-state index is 0.180. The molecule has 3 aromatic rings. The van der Waals surface area contributed by atoms with Gasteiger partial charge in [0.05, 0.1) is 18.4 Å². The molecule has 0 aliphatic carbocycles. The number of carbonyl (C=O) groups excluding carboxylic acids is 1. The van der Waals surface area contributed by atoms with Crippen molar-refractivity contribution in [2.45, 2.75) is 18.2 Å². The molecule has 0 radical (unpaired) electrons. The fraction of sp³-hybridized carbons (Fsp3) is 0.200. The van der Waals surface area contributed by atoms with Gasteiger partial charge in [0.2, 0.25) is 11.1 Å². The number of hydrogen-bond donors (Lipinski definition) is 1. The van der Waals surface area contributed by atoms with Crippen LogP contribution in [0.15, 0.2) is 52.4 Å². The lowest BCUT2D eigenvalue weighted by Crippen LogP contribution is -2.60. The second-order valence-electron chi connectivity index (χ2n) is 6.45. The summed E-state index contributed by atoms with van der Waals surface area (Å²) in [4.78, 5) is 30.1. The number of aromatic nitrogens is 3. The van der Waals surface area contributed by atoms with Crippen molar-refractivity contribution in [1.29, 1.82) is 0 Å². The molecule has 1 aromatic heterocycles. The van der Waals surface area contributed by atoms with Gasteiger partial charge in [0.25, 0.3) is 6.17 Å². The Morgan fingerprint density at radius 1 is 1.28 bits per heavy atom. The van der Waals surface area contributed by atoms with Crippen LogP contribution in [0.25, 0.3) is 11.3 Å². The zero-order valence-electron chi connectivity index (χ0n) is 16.0. The van der Waals surface area contributed by atoms with E-state index in [0.717, 1.165) is 5.56 Å². The Kier molecular flexibility index (Phi) is 5.06. The second-order valence-corrected chi connectivity index (χ2v) is 7.69. The molecule has 2 heterocycles. The third kappa shape index (κ3) is 3.28. The molecule has 1 N–H and O–H groups in total. The van der Waals surface area contributed by atoms with Gasteiger partial charge in [-0.05, 0) is 53.4 Å². The van der Waals surface area contributed by atoms with Crippen molar-refractivity contribution in [2.24, 2.45) is 0 Å². The predicted octanol–water partition coefficient (Wildman–Crippen LogP) is 3.02. The topological polar surface area (TPSA) is 79.2 Å². The van der Waals surface area contributed by atoms with E-state index in [4.69, 9.17) is 16.3 Å². The molecule has 0 bridgehead atoms. The number of benzene rings is 2. The zero-order valence-corrected chi connectivity index (χ0v) is 17.5. The molecule has 148 valence electrons. The number of methoxy groups -OCH3 is 1. The van der Waals surface area contributed by atoms with Crippen LogP contribution in [0.2, 0.25) is 5.02 Å². The van der Waals surface area contributed by atoms with E-state index in [1.54, 1.807) is 34.9 Å². The SMILES string of the molecule is COc1ccc([C@H]2N(C(C)=O)c3ccc(Cl)cc3-c3c(=O)[nH]c(SC)n[n+]32)cc1. The number of aromatic amines is 1. The standard InChI is InChI=1S/C20H17ClN4O3S/c1-11(26)24-16-9-6-13(21)10-15(16)17-18(27)22-20(29-3)23-25(17)19(24)12-4-7-14(28-2)8-5-12/h4-10,19H,1-3H3/p+1/t19-/m0/s1. The van der Waals surface area contributed by atoms with Crippen LogP contribution in [-0.4, -0.2) is 29.4 Å². The smallest absolute Gasteiger partial charge is 0.325 e. The Hall–Kier alpha value is -2.84. The van der Waals surface area contributed by atoms with E-state index < -0.39 is 6.17 Å². The number of amides is 1. The van der Waals surface area contributed by atoms with Crippen LogP contribution in [-0.2, 0) is 4.79 Å². The zero-order chi connectivity index (χ0) is 20.7. The maximum Gasteiger partial charge on any atom is 0.325 e. The molecule has 4 rings (SSSR count). The van der Waals surface area contributed by atoms with Gasteiger partial charge in [-0.1, -0.05) is 23.4 Å². The Bertz CT molecular complexity index is 1160. The van der Waals surface area contributed by atoms with Crippen LogP contribution in [0, 0.1) is 0 Å². The predicted molar refractivity (Wildman–Crippen MR) is 112 cm³/mol. The van der Waals surface area contributed by atoms with Gasteiger partial charge in [-0.15, -0.1) is 0 Å². The lowest BCUT2D eigenvalue weighted by atomic mass is 10.0. The molecule has 0 saturated carbocycles. The van der Waals surface area contributed by atoms with E-state index in [9.17, 15) is 9.59 Å². The highest BCUT2D eigenvalue weighted by Gasteiger charge is 2.44. The van der Waals surface area contributed by atoms with Crippen LogP contribution in [0.4, 0.5) is 5.69 Å². The van der Waals surface area contributed by atoms with E-state index >= 15 is 0 Å². The summed E-state index contributed by atoms with van der Waals surface area (Å²) in [7, 11) is 1.59. The summed E-state index contributed by atoms with van der Waals surface area (Å²) < 4.78 is 6.84. The third-order valence-electron chi connectivity index (χ3n) is 4.76. The number of halogens is 1. The van der Waals surface area contributed by atoms with Gasteiger partial charge in [0.15, 0.2) is 0 Å². The molecule has 9 heteroatoms. The quantitative estimate of drug-likeness (QED) is 0.511. The number of H-pyrrole nitrogens is 1. The fourth-order valence-corrected chi connectivity index (χ4v) is 4.04. The van der Waals surface area contributed by atoms with E-state index in [1.165, 1.54) is 18.7 Å². The maximum absolute atomic E-state index is 13.0. The maximum atomic E-state index is 13.0. The molecule has 0 unspecified atom stereocenters. The first-order valence-corrected chi connectivity index (χ1v) is 10.4. The number of hydrogen-bond acceptors (Lipinski definition) is 5. The molecule has 0 spiro atoms. The van der Waals surface area contributed by atoms with Gasteiger partial charge in [0, 0.05) is 22.6 Å². The molecule has 2 aromatic carbocycles. The van der Waals surface area contributed by atoms with Gasteiger partial charge in [0.1, 0.15) is 5.75 Å². The average Bonchev–Trinajstić information content (AvgIpc) is 2.72. The Morgan fingerprint density at radius 3 is 2.62 bits per heavy atom. The summed E-state index contributed by atoms with van der Waals surface area (Å²) in [5.41, 5.74) is 2.00. The summed E-state index contributed by atoms with van der Waals surface area (Å²) in [5, 5.41) is 5.53. The number of carbonyl (C=O) groups is 1. The van der Waals surface area contributed by atoms with Crippen molar-refractivity contribution < 1.29 is 14.2 Å². The Balaban J connectivity index is 2.06. The van der Waals surface area contributed by atoms with Crippen LogP contribution >= 0.6 is 23.4 Å². The van der Waals surface area contributed by atoms with E-state index in [1.807, 2.05) is 30.5 Å². The summed E-state index contributed by atoms with van der Waals surface area (Å²) in [6.45, 7) is 1.49. The van der Waals surface area contributed by atoms with Crippen LogP contribution in [0.5, 0.6) is 5.75 Å². The Labute approximate surface area is 176 Å². The van der Waals surface area contributed by atoms with Crippen LogP contribution in [0.1, 0.15) is 18.7 Å². The van der Waals surface area contributed by atoms with E-state index in [2.05, 4.69) is 10.1 Å². The van der Waals surface area contributed by atoms with E-state index in [0.29, 0.717) is 32.9 Å². The average molecular weight is 430 g/mol. The molecule has 0 saturated heterocycles. The summed E-state index contributed by atoms with van der Waals surface area (Å²) >= 11 is 7.52. The molecule has 1 amide bonds. The third-order valence-corrected chi connectivity index (χ3v) is 5.56. The number of fused-ring (bicyclic) bond motifs is 3. The number of anilines is 1.